The van der Waals surface area contributed by atoms with E-state index in [-0.39, 0.29) is 5.91 Å². The lowest BCUT2D eigenvalue weighted by Gasteiger charge is -2.35. The summed E-state index contributed by atoms with van der Waals surface area (Å²) in [6.07, 6.45) is 4.41. The highest BCUT2D eigenvalue weighted by Gasteiger charge is 2.26. The number of piperidine rings is 1. The van der Waals surface area contributed by atoms with Crippen LogP contribution in [0.5, 0.6) is 0 Å². The molecule has 1 aliphatic rings. The second kappa shape index (κ2) is 5.61. The molecule has 1 amide bonds. The Morgan fingerprint density at radius 1 is 1.50 bits per heavy atom. The Morgan fingerprint density at radius 3 is 2.94 bits per heavy atom. The largest absolute Gasteiger partial charge is 0.398 e. The number of carbonyl (C=O) groups excluding carboxylic acids is 1. The maximum Gasteiger partial charge on any atom is 0.254 e. The van der Waals surface area contributed by atoms with Crippen LogP contribution in [0.25, 0.3) is 0 Å². The molecule has 1 aliphatic heterocycles. The topological polar surface area (TPSA) is 46.3 Å². The van der Waals surface area contributed by atoms with Crippen LogP contribution in [-0.2, 0) is 0 Å². The molecule has 2 rings (SSSR count). The van der Waals surface area contributed by atoms with Crippen LogP contribution in [0.3, 0.4) is 0 Å². The molecule has 4 heteroatoms. The summed E-state index contributed by atoms with van der Waals surface area (Å²) >= 11 is 5.88. The second-order valence-corrected chi connectivity index (χ2v) is 5.20. The van der Waals surface area contributed by atoms with Gasteiger partial charge >= 0.3 is 0 Å². The summed E-state index contributed by atoms with van der Waals surface area (Å²) in [5.74, 6) is 0.0740. The molecule has 1 aromatic carbocycles. The highest BCUT2D eigenvalue weighted by atomic mass is 35.5. The predicted octanol–water partition coefficient (Wildman–Crippen LogP) is 3.33. The number of rotatable bonds is 2. The number of nitrogens with two attached hydrogens (primary N) is 1. The molecule has 0 bridgehead atoms. The van der Waals surface area contributed by atoms with E-state index in [4.69, 9.17) is 17.3 Å². The molecule has 1 saturated heterocycles. The van der Waals surface area contributed by atoms with Gasteiger partial charge < -0.3 is 10.6 Å². The fourth-order valence-corrected chi connectivity index (χ4v) is 2.65. The van der Waals surface area contributed by atoms with E-state index >= 15 is 0 Å². The number of hydrogen-bond donors (Lipinski definition) is 1. The fourth-order valence-electron chi connectivity index (χ4n) is 2.54. The molecule has 0 aromatic heterocycles. The first-order chi connectivity index (χ1) is 8.63. The molecule has 0 radical (unpaired) electrons. The zero-order valence-electron chi connectivity index (χ0n) is 10.7. The number of carbonyl (C=O) groups is 1. The highest BCUT2D eigenvalue weighted by molar-refractivity contribution is 6.33. The quantitative estimate of drug-likeness (QED) is 0.835. The molecule has 1 aromatic rings. The summed E-state index contributed by atoms with van der Waals surface area (Å²) in [4.78, 5) is 14.4. The maximum atomic E-state index is 12.5. The Kier molecular flexibility index (Phi) is 4.12. The van der Waals surface area contributed by atoms with E-state index in [1.165, 1.54) is 6.42 Å². The van der Waals surface area contributed by atoms with Gasteiger partial charge in [0.25, 0.3) is 5.91 Å². The van der Waals surface area contributed by atoms with Crippen molar-refractivity contribution in [3.05, 3.63) is 28.8 Å². The zero-order chi connectivity index (χ0) is 13.1. The Balaban J connectivity index is 2.21. The number of nitrogen functional groups attached to an aromatic ring is 1. The first-order valence-electron chi connectivity index (χ1n) is 6.49. The molecule has 2 N–H and O–H groups in total. The van der Waals surface area contributed by atoms with Crippen LogP contribution >= 0.6 is 11.6 Å². The third-order valence-electron chi connectivity index (χ3n) is 3.60. The van der Waals surface area contributed by atoms with Gasteiger partial charge in [-0.1, -0.05) is 18.5 Å². The van der Waals surface area contributed by atoms with Crippen molar-refractivity contribution >= 4 is 23.2 Å². The van der Waals surface area contributed by atoms with Crippen molar-refractivity contribution in [1.82, 2.24) is 4.90 Å². The average molecular weight is 267 g/mol. The lowest BCUT2D eigenvalue weighted by Crippen LogP contribution is -2.43. The first-order valence-corrected chi connectivity index (χ1v) is 6.87. The SMILES string of the molecule is CCC1CCCCN1C(=O)c1ccc(Cl)c(N)c1. The number of benzene rings is 1. The summed E-state index contributed by atoms with van der Waals surface area (Å²) < 4.78 is 0. The van der Waals surface area contributed by atoms with Crippen molar-refractivity contribution in [1.29, 1.82) is 0 Å². The summed E-state index contributed by atoms with van der Waals surface area (Å²) in [6, 6.07) is 5.48. The maximum absolute atomic E-state index is 12.5. The smallest absolute Gasteiger partial charge is 0.254 e. The predicted molar refractivity (Wildman–Crippen MR) is 74.8 cm³/mol. The third kappa shape index (κ3) is 2.61. The molecule has 18 heavy (non-hydrogen) atoms. The van der Waals surface area contributed by atoms with E-state index in [1.807, 2.05) is 4.90 Å². The summed E-state index contributed by atoms with van der Waals surface area (Å²) in [7, 11) is 0. The fraction of sp³-hybridized carbons (Fsp3) is 0.500. The number of anilines is 1. The van der Waals surface area contributed by atoms with Crippen molar-refractivity contribution < 1.29 is 4.79 Å². The third-order valence-corrected chi connectivity index (χ3v) is 3.95. The van der Waals surface area contributed by atoms with Gasteiger partial charge in [-0.25, -0.2) is 0 Å². The monoisotopic (exact) mass is 266 g/mol. The Morgan fingerprint density at radius 2 is 2.28 bits per heavy atom. The Labute approximate surface area is 113 Å². The van der Waals surface area contributed by atoms with Crippen LogP contribution in [0.1, 0.15) is 43.0 Å². The van der Waals surface area contributed by atoms with Crippen molar-refractivity contribution in [2.24, 2.45) is 0 Å². The number of likely N-dealkylation sites (tertiary alicyclic amines) is 1. The molecular weight excluding hydrogens is 248 g/mol. The molecule has 0 saturated carbocycles. The van der Waals surface area contributed by atoms with E-state index in [9.17, 15) is 4.79 Å². The summed E-state index contributed by atoms with van der Waals surface area (Å²) in [6.45, 7) is 2.98. The molecule has 1 unspecified atom stereocenters. The van der Waals surface area contributed by atoms with Gasteiger partial charge in [0.1, 0.15) is 0 Å². The number of nitrogens with zero attached hydrogens (tertiary/aromatic N) is 1. The molecular formula is C14H19ClN2O. The minimum Gasteiger partial charge on any atom is -0.398 e. The van der Waals surface area contributed by atoms with E-state index in [2.05, 4.69) is 6.92 Å². The van der Waals surface area contributed by atoms with Gasteiger partial charge in [-0.15, -0.1) is 0 Å². The van der Waals surface area contributed by atoms with Crippen LogP contribution < -0.4 is 5.73 Å². The van der Waals surface area contributed by atoms with Gasteiger partial charge in [0.15, 0.2) is 0 Å². The lowest BCUT2D eigenvalue weighted by atomic mass is 9.99. The zero-order valence-corrected chi connectivity index (χ0v) is 11.4. The molecule has 1 heterocycles. The van der Waals surface area contributed by atoms with Gasteiger partial charge in [-0.05, 0) is 43.9 Å². The van der Waals surface area contributed by atoms with Crippen molar-refractivity contribution in [2.75, 3.05) is 12.3 Å². The van der Waals surface area contributed by atoms with E-state index in [0.717, 1.165) is 25.8 Å². The highest BCUT2D eigenvalue weighted by Crippen LogP contribution is 2.24. The number of amides is 1. The minimum absolute atomic E-state index is 0.0740. The van der Waals surface area contributed by atoms with E-state index in [1.54, 1.807) is 18.2 Å². The van der Waals surface area contributed by atoms with E-state index in [0.29, 0.717) is 22.3 Å². The summed E-state index contributed by atoms with van der Waals surface area (Å²) in [5.41, 5.74) is 6.85. The van der Waals surface area contributed by atoms with Gasteiger partial charge in [-0.2, -0.15) is 0 Å². The molecule has 0 aliphatic carbocycles. The van der Waals surface area contributed by atoms with Gasteiger partial charge in [0.2, 0.25) is 0 Å². The van der Waals surface area contributed by atoms with Gasteiger partial charge in [0, 0.05) is 18.2 Å². The van der Waals surface area contributed by atoms with Crippen LogP contribution in [0, 0.1) is 0 Å². The molecule has 3 nitrogen and oxygen atoms in total. The van der Waals surface area contributed by atoms with E-state index < -0.39 is 0 Å². The molecule has 0 spiro atoms. The van der Waals surface area contributed by atoms with Crippen molar-refractivity contribution in [3.8, 4) is 0 Å². The number of halogens is 1. The molecule has 1 fully saturated rings. The molecule has 98 valence electrons. The number of hydrogen-bond acceptors (Lipinski definition) is 2. The second-order valence-electron chi connectivity index (χ2n) is 4.79. The minimum atomic E-state index is 0.0740. The van der Waals surface area contributed by atoms with Gasteiger partial charge in [-0.3, -0.25) is 4.79 Å². The van der Waals surface area contributed by atoms with Crippen LogP contribution in [0.2, 0.25) is 5.02 Å². The van der Waals surface area contributed by atoms with Gasteiger partial charge in [0.05, 0.1) is 10.7 Å². The average Bonchev–Trinajstić information content (AvgIpc) is 2.41. The lowest BCUT2D eigenvalue weighted by molar-refractivity contribution is 0.0608. The Bertz CT molecular complexity index is 447. The molecule has 1 atom stereocenters. The first kappa shape index (κ1) is 13.2. The van der Waals surface area contributed by atoms with Crippen molar-refractivity contribution in [3.63, 3.8) is 0 Å². The summed E-state index contributed by atoms with van der Waals surface area (Å²) in [5, 5.41) is 0.497. The Hall–Kier alpha value is -1.22. The van der Waals surface area contributed by atoms with Crippen LogP contribution in [0.4, 0.5) is 5.69 Å². The van der Waals surface area contributed by atoms with Crippen molar-refractivity contribution in [2.45, 2.75) is 38.6 Å². The van der Waals surface area contributed by atoms with Crippen LogP contribution in [-0.4, -0.2) is 23.4 Å². The standard InChI is InChI=1S/C14H19ClN2O/c1-2-11-5-3-4-8-17(11)14(18)10-6-7-12(15)13(16)9-10/h6-7,9,11H,2-5,8,16H2,1H3. The van der Waals surface area contributed by atoms with Crippen LogP contribution in [0.15, 0.2) is 18.2 Å². The normalized spacial score (nSPS) is 19.9.